The summed E-state index contributed by atoms with van der Waals surface area (Å²) in [5, 5.41) is 0. The quantitative estimate of drug-likeness (QED) is 0.0461. The maximum atomic E-state index is 13.1. The molecule has 0 spiro atoms. The highest BCUT2D eigenvalue weighted by Crippen LogP contribution is 2.44. The third-order valence-electron chi connectivity index (χ3n) is 12.3. The van der Waals surface area contributed by atoms with E-state index in [0.717, 1.165) is 32.1 Å². The molecular formula is C48H90O5. The summed E-state index contributed by atoms with van der Waals surface area (Å²) in [5.41, 5.74) is 0. The maximum absolute atomic E-state index is 13.1. The van der Waals surface area contributed by atoms with E-state index in [1.165, 1.54) is 205 Å². The average Bonchev–Trinajstić information content (AvgIpc) is 3.15. The zero-order valence-electron chi connectivity index (χ0n) is 35.6. The number of esters is 2. The Bertz CT molecular complexity index is 823. The molecule has 3 rings (SSSR count). The molecular weight excluding hydrogens is 657 g/mol. The molecule has 0 aromatic carbocycles. The molecule has 0 amide bonds. The van der Waals surface area contributed by atoms with Crippen molar-refractivity contribution in [1.29, 1.82) is 0 Å². The molecule has 4 atom stereocenters. The minimum absolute atomic E-state index is 0.0987. The van der Waals surface area contributed by atoms with Gasteiger partial charge in [-0.15, -0.1) is 0 Å². The predicted molar refractivity (Wildman–Crippen MR) is 224 cm³/mol. The molecule has 53 heavy (non-hydrogen) atoms. The van der Waals surface area contributed by atoms with Crippen LogP contribution in [0.2, 0.25) is 0 Å². The lowest BCUT2D eigenvalue weighted by Crippen LogP contribution is -2.57. The van der Waals surface area contributed by atoms with Crippen molar-refractivity contribution < 1.29 is 23.8 Å². The van der Waals surface area contributed by atoms with Gasteiger partial charge in [0.05, 0.1) is 37.3 Å². The molecule has 2 aliphatic heterocycles. The molecule has 3 aliphatic rings. The number of carbonyl (C=O) groups is 2. The lowest BCUT2D eigenvalue weighted by Gasteiger charge is -2.48. The van der Waals surface area contributed by atoms with Gasteiger partial charge in [-0.3, -0.25) is 9.59 Å². The van der Waals surface area contributed by atoms with Gasteiger partial charge in [-0.1, -0.05) is 232 Å². The number of unbranched alkanes of at least 4 members (excludes halogenated alkanes) is 34. The summed E-state index contributed by atoms with van der Waals surface area (Å²) in [6.07, 6.45) is 49.7. The van der Waals surface area contributed by atoms with Crippen molar-refractivity contribution in [2.45, 2.75) is 270 Å². The molecule has 1 saturated carbocycles. The largest absolute Gasteiger partial charge is 0.465 e. The molecule has 0 aromatic rings. The summed E-state index contributed by atoms with van der Waals surface area (Å²) >= 11 is 0. The van der Waals surface area contributed by atoms with Crippen LogP contribution in [0.4, 0.5) is 0 Å². The maximum Gasteiger partial charge on any atom is 0.312 e. The normalized spacial score (nSPS) is 19.3. The topological polar surface area (TPSA) is 61.8 Å². The predicted octanol–water partition coefficient (Wildman–Crippen LogP) is 14.9. The second kappa shape index (κ2) is 35.3. The molecule has 2 heterocycles. The zero-order valence-corrected chi connectivity index (χ0v) is 35.6. The van der Waals surface area contributed by atoms with Crippen LogP contribution in [0.5, 0.6) is 0 Å². The Morgan fingerprint density at radius 1 is 0.396 bits per heavy atom. The van der Waals surface area contributed by atoms with Crippen LogP contribution in [0.1, 0.15) is 258 Å². The Morgan fingerprint density at radius 2 is 0.660 bits per heavy atom. The fourth-order valence-corrected chi connectivity index (χ4v) is 8.68. The van der Waals surface area contributed by atoms with Gasteiger partial charge in [-0.05, 0) is 19.3 Å². The van der Waals surface area contributed by atoms with Crippen LogP contribution >= 0.6 is 0 Å². The second-order valence-electron chi connectivity index (χ2n) is 17.3. The molecule has 0 radical (unpaired) electrons. The Labute approximate surface area is 330 Å². The third kappa shape index (κ3) is 25.6. The standard InChI is InChI=1S/C48H90O5/c1-3-5-7-9-11-13-15-17-19-21-23-25-27-29-31-33-35-37-39-51-47(49)44-41-43-42-45(53-43)46(44)48(50)52-40-38-36-34-32-30-28-26-24-22-20-18-16-14-12-10-8-6-4-2/h43-46H,3-42H2,1-2H3. The van der Waals surface area contributed by atoms with E-state index >= 15 is 0 Å². The van der Waals surface area contributed by atoms with Gasteiger partial charge in [0.15, 0.2) is 0 Å². The van der Waals surface area contributed by atoms with Crippen LogP contribution in [0.25, 0.3) is 0 Å². The van der Waals surface area contributed by atoms with Crippen molar-refractivity contribution >= 4 is 11.9 Å². The molecule has 312 valence electrons. The number of hydrogen-bond donors (Lipinski definition) is 0. The average molecular weight is 747 g/mol. The van der Waals surface area contributed by atoms with Crippen LogP contribution in [0.15, 0.2) is 0 Å². The van der Waals surface area contributed by atoms with E-state index in [1.807, 2.05) is 0 Å². The smallest absolute Gasteiger partial charge is 0.312 e. The van der Waals surface area contributed by atoms with Crippen molar-refractivity contribution in [3.63, 3.8) is 0 Å². The van der Waals surface area contributed by atoms with E-state index in [9.17, 15) is 9.59 Å². The van der Waals surface area contributed by atoms with Crippen molar-refractivity contribution in [3.05, 3.63) is 0 Å². The van der Waals surface area contributed by atoms with Gasteiger partial charge < -0.3 is 14.2 Å². The van der Waals surface area contributed by atoms with Crippen LogP contribution in [-0.4, -0.2) is 37.4 Å². The lowest BCUT2D eigenvalue weighted by molar-refractivity contribution is -0.222. The van der Waals surface area contributed by atoms with E-state index < -0.39 is 11.8 Å². The highest BCUT2D eigenvalue weighted by molar-refractivity contribution is 5.83. The molecule has 5 heteroatoms. The van der Waals surface area contributed by atoms with E-state index in [4.69, 9.17) is 14.2 Å². The van der Waals surface area contributed by atoms with Crippen LogP contribution in [0, 0.1) is 11.8 Å². The number of carbonyl (C=O) groups excluding carboxylic acids is 2. The van der Waals surface area contributed by atoms with Crippen LogP contribution < -0.4 is 0 Å². The van der Waals surface area contributed by atoms with Gasteiger partial charge in [-0.25, -0.2) is 0 Å². The van der Waals surface area contributed by atoms with Gasteiger partial charge in [0, 0.05) is 6.42 Å². The van der Waals surface area contributed by atoms with E-state index in [1.54, 1.807) is 0 Å². The van der Waals surface area contributed by atoms with Crippen LogP contribution in [-0.2, 0) is 23.8 Å². The molecule has 3 fully saturated rings. The van der Waals surface area contributed by atoms with E-state index in [2.05, 4.69) is 13.8 Å². The molecule has 2 saturated heterocycles. The van der Waals surface area contributed by atoms with Crippen molar-refractivity contribution in [2.24, 2.45) is 11.8 Å². The fraction of sp³-hybridized carbons (Fsp3) is 0.958. The molecule has 1 aliphatic carbocycles. The molecule has 4 unspecified atom stereocenters. The first-order valence-electron chi connectivity index (χ1n) is 24.2. The Morgan fingerprint density at radius 3 is 0.962 bits per heavy atom. The SMILES string of the molecule is CCCCCCCCCCCCCCCCCCCCOC(=O)C1CC2CC(O2)C1C(=O)OCCCCCCCCCCCCCCCCCCCC. The molecule has 2 bridgehead atoms. The summed E-state index contributed by atoms with van der Waals surface area (Å²) < 4.78 is 17.3. The number of rotatable bonds is 40. The third-order valence-corrected chi connectivity index (χ3v) is 12.3. The first-order valence-corrected chi connectivity index (χ1v) is 24.2. The summed E-state index contributed by atoms with van der Waals surface area (Å²) in [4.78, 5) is 26.1. The number of ether oxygens (including phenoxy) is 3. The number of fused-ring (bicyclic) bond motifs is 2. The van der Waals surface area contributed by atoms with E-state index in [0.29, 0.717) is 19.6 Å². The Kier molecular flexibility index (Phi) is 32.0. The van der Waals surface area contributed by atoms with Crippen molar-refractivity contribution in [2.75, 3.05) is 13.2 Å². The number of hydrogen-bond acceptors (Lipinski definition) is 5. The van der Waals surface area contributed by atoms with Crippen LogP contribution in [0.3, 0.4) is 0 Å². The highest BCUT2D eigenvalue weighted by atomic mass is 16.6. The minimum atomic E-state index is -0.497. The highest BCUT2D eigenvalue weighted by Gasteiger charge is 2.54. The van der Waals surface area contributed by atoms with Gasteiger partial charge in [0.1, 0.15) is 0 Å². The van der Waals surface area contributed by atoms with Crippen molar-refractivity contribution in [3.8, 4) is 0 Å². The van der Waals surface area contributed by atoms with Gasteiger partial charge in [0.2, 0.25) is 0 Å². The molecule has 0 aromatic heterocycles. The van der Waals surface area contributed by atoms with Gasteiger partial charge in [0.25, 0.3) is 0 Å². The first kappa shape index (κ1) is 48.0. The summed E-state index contributed by atoms with van der Waals surface area (Å²) in [6, 6.07) is 0. The lowest BCUT2D eigenvalue weighted by atomic mass is 9.72. The zero-order chi connectivity index (χ0) is 37.9. The van der Waals surface area contributed by atoms with Gasteiger partial charge in [-0.2, -0.15) is 0 Å². The van der Waals surface area contributed by atoms with Crippen molar-refractivity contribution in [1.82, 2.24) is 0 Å². The molecule has 0 N–H and O–H groups in total. The van der Waals surface area contributed by atoms with Gasteiger partial charge >= 0.3 is 11.9 Å². The Hall–Kier alpha value is -1.10. The van der Waals surface area contributed by atoms with E-state index in [-0.39, 0.29) is 24.1 Å². The first-order chi connectivity index (χ1) is 26.2. The summed E-state index contributed by atoms with van der Waals surface area (Å²) in [5.74, 6) is -1.38. The summed E-state index contributed by atoms with van der Waals surface area (Å²) in [7, 11) is 0. The second-order valence-corrected chi connectivity index (χ2v) is 17.3. The Balaban J connectivity index is 1.37. The summed E-state index contributed by atoms with van der Waals surface area (Å²) in [6.45, 7) is 5.49. The monoisotopic (exact) mass is 747 g/mol. The fourth-order valence-electron chi connectivity index (χ4n) is 8.68. The molecule has 5 nitrogen and oxygen atoms in total. The minimum Gasteiger partial charge on any atom is -0.465 e.